The zero-order valence-corrected chi connectivity index (χ0v) is 14.3. The van der Waals surface area contributed by atoms with E-state index in [1.807, 2.05) is 0 Å². The third-order valence-corrected chi connectivity index (χ3v) is 7.09. The molecule has 23 heavy (non-hydrogen) atoms. The first-order valence-corrected chi connectivity index (χ1v) is 9.25. The van der Waals surface area contributed by atoms with Gasteiger partial charge in [-0.15, -0.1) is 0 Å². The summed E-state index contributed by atoms with van der Waals surface area (Å²) in [4.78, 5) is 0.145. The van der Waals surface area contributed by atoms with Gasteiger partial charge in [-0.2, -0.15) is 0 Å². The van der Waals surface area contributed by atoms with E-state index in [4.69, 9.17) is 28.9 Å². The van der Waals surface area contributed by atoms with Gasteiger partial charge in [0, 0.05) is 16.0 Å². The van der Waals surface area contributed by atoms with Gasteiger partial charge < -0.3 is 10.8 Å². The van der Waals surface area contributed by atoms with Gasteiger partial charge in [-0.3, -0.25) is 0 Å². The van der Waals surface area contributed by atoms with Crippen molar-refractivity contribution in [1.29, 1.82) is 0 Å². The number of halogens is 2. The highest BCUT2D eigenvalue weighted by atomic mass is 35.5. The fraction of sp³-hybridized carbons (Fsp3) is 0.250. The van der Waals surface area contributed by atoms with E-state index in [2.05, 4.69) is 0 Å². The summed E-state index contributed by atoms with van der Waals surface area (Å²) in [6, 6.07) is 12.8. The fourth-order valence-corrected chi connectivity index (χ4v) is 5.56. The Morgan fingerprint density at radius 3 is 1.96 bits per heavy atom. The number of aliphatic hydroxyl groups excluding tert-OH is 1. The van der Waals surface area contributed by atoms with E-state index in [0.717, 1.165) is 5.56 Å². The molecule has 0 unspecified atom stereocenters. The predicted molar refractivity (Wildman–Crippen MR) is 90.6 cm³/mol. The van der Waals surface area contributed by atoms with Gasteiger partial charge >= 0.3 is 0 Å². The molecular formula is C16H15Cl2NO3S. The molecule has 1 aliphatic rings. The second-order valence-corrected chi connectivity index (χ2v) is 8.66. The summed E-state index contributed by atoms with van der Waals surface area (Å²) in [6.07, 6.45) is 0. The predicted octanol–water partition coefficient (Wildman–Crippen LogP) is 2.62. The smallest absolute Gasteiger partial charge is 0.183 e. The number of benzene rings is 2. The molecule has 0 aliphatic heterocycles. The van der Waals surface area contributed by atoms with E-state index in [1.54, 1.807) is 24.3 Å². The third-order valence-electron chi connectivity index (χ3n) is 4.28. The molecule has 1 aliphatic carbocycles. The Hall–Kier alpha value is -1.11. The van der Waals surface area contributed by atoms with Gasteiger partial charge in [0.1, 0.15) is 0 Å². The number of hydrogen-bond acceptors (Lipinski definition) is 4. The number of rotatable bonds is 4. The molecule has 0 radical (unpaired) electrons. The lowest BCUT2D eigenvalue weighted by atomic mass is 10.1. The topological polar surface area (TPSA) is 80.4 Å². The lowest BCUT2D eigenvalue weighted by Gasteiger charge is -2.08. The Bertz CT molecular complexity index is 821. The van der Waals surface area contributed by atoms with Gasteiger partial charge in [0.05, 0.1) is 22.3 Å². The van der Waals surface area contributed by atoms with E-state index in [9.17, 15) is 13.5 Å². The maximum Gasteiger partial charge on any atom is 0.183 e. The van der Waals surface area contributed by atoms with Gasteiger partial charge in [-0.25, -0.2) is 8.42 Å². The lowest BCUT2D eigenvalue weighted by Crippen LogP contribution is -2.35. The quantitative estimate of drug-likeness (QED) is 0.865. The van der Waals surface area contributed by atoms with Gasteiger partial charge in [-0.1, -0.05) is 35.3 Å². The normalized spacial score (nSPS) is 27.0. The van der Waals surface area contributed by atoms with Crippen LogP contribution in [0.4, 0.5) is 0 Å². The maximum atomic E-state index is 12.9. The fourth-order valence-electron chi connectivity index (χ4n) is 3.01. The van der Waals surface area contributed by atoms with Crippen molar-refractivity contribution in [2.24, 2.45) is 5.73 Å². The maximum absolute atomic E-state index is 12.9. The van der Waals surface area contributed by atoms with Crippen LogP contribution < -0.4 is 5.73 Å². The van der Waals surface area contributed by atoms with Crippen LogP contribution in [0.15, 0.2) is 53.4 Å². The Morgan fingerprint density at radius 2 is 1.48 bits per heavy atom. The summed E-state index contributed by atoms with van der Waals surface area (Å²) < 4.78 is 25.7. The number of sulfone groups is 1. The molecule has 0 spiro atoms. The van der Waals surface area contributed by atoms with E-state index in [-0.39, 0.29) is 4.90 Å². The summed E-state index contributed by atoms with van der Waals surface area (Å²) in [5, 5.41) is 9.76. The second-order valence-electron chi connectivity index (χ2n) is 5.72. The van der Waals surface area contributed by atoms with Crippen molar-refractivity contribution in [3.8, 4) is 0 Å². The lowest BCUT2D eigenvalue weighted by molar-refractivity contribution is 0.253. The van der Waals surface area contributed by atoms with E-state index in [0.29, 0.717) is 10.0 Å². The van der Waals surface area contributed by atoms with Crippen LogP contribution in [0, 0.1) is 0 Å². The van der Waals surface area contributed by atoms with Crippen LogP contribution in [0.1, 0.15) is 11.5 Å². The van der Waals surface area contributed by atoms with Crippen molar-refractivity contribution in [2.75, 3.05) is 6.61 Å². The van der Waals surface area contributed by atoms with Crippen molar-refractivity contribution >= 4 is 33.0 Å². The summed E-state index contributed by atoms with van der Waals surface area (Å²) in [5.41, 5.74) is 5.71. The molecule has 2 aromatic carbocycles. The molecule has 3 rings (SSSR count). The minimum Gasteiger partial charge on any atom is -0.394 e. The van der Waals surface area contributed by atoms with E-state index >= 15 is 0 Å². The zero-order valence-electron chi connectivity index (χ0n) is 12.0. The standard InChI is InChI=1S/C16H15Cl2NO3S/c17-11-3-1-10(2-4-11)14-15(16(14,19)9-20)23(21,22)13-7-5-12(18)6-8-13/h1-8,14-15,20H,9,19H2/t14-,15-,16-/m1/s1. The molecular weight excluding hydrogens is 357 g/mol. The second kappa shape index (κ2) is 5.76. The first-order valence-electron chi connectivity index (χ1n) is 6.95. The molecule has 4 nitrogen and oxygen atoms in total. The molecule has 1 fully saturated rings. The van der Waals surface area contributed by atoms with Crippen LogP contribution in [0.5, 0.6) is 0 Å². The number of hydrogen-bond donors (Lipinski definition) is 2. The van der Waals surface area contributed by atoms with Gasteiger partial charge in [0.2, 0.25) is 0 Å². The molecule has 122 valence electrons. The molecule has 3 N–H and O–H groups in total. The first kappa shape index (κ1) is 16.7. The minimum atomic E-state index is -3.69. The van der Waals surface area contributed by atoms with Gasteiger partial charge in [-0.05, 0) is 42.0 Å². The molecule has 0 saturated heterocycles. The van der Waals surface area contributed by atoms with Crippen LogP contribution in [0.25, 0.3) is 0 Å². The summed E-state index contributed by atoms with van der Waals surface area (Å²) in [5.74, 6) is -0.481. The minimum absolute atomic E-state index is 0.145. The molecule has 0 aromatic heterocycles. The van der Waals surface area contributed by atoms with Crippen LogP contribution >= 0.6 is 23.2 Å². The number of nitrogens with two attached hydrogens (primary N) is 1. The van der Waals surface area contributed by atoms with Crippen LogP contribution in [-0.4, -0.2) is 30.9 Å². The van der Waals surface area contributed by atoms with Gasteiger partial charge in [0.15, 0.2) is 9.84 Å². The molecule has 0 heterocycles. The monoisotopic (exact) mass is 371 g/mol. The molecule has 2 aromatic rings. The average molecular weight is 372 g/mol. The molecule has 0 bridgehead atoms. The third kappa shape index (κ3) is 2.77. The van der Waals surface area contributed by atoms with Crippen molar-refractivity contribution in [3.05, 3.63) is 64.1 Å². The average Bonchev–Trinajstić information content (AvgIpc) is 3.16. The largest absolute Gasteiger partial charge is 0.394 e. The highest BCUT2D eigenvalue weighted by Gasteiger charge is 2.69. The summed E-state index contributed by atoms with van der Waals surface area (Å²) in [7, 11) is -3.69. The van der Waals surface area contributed by atoms with Crippen molar-refractivity contribution in [2.45, 2.75) is 21.6 Å². The SMILES string of the molecule is N[C@]1(CO)[C@H](c2ccc(Cl)cc2)[C@H]1S(=O)(=O)c1ccc(Cl)cc1. The Balaban J connectivity index is 2.01. The highest BCUT2D eigenvalue weighted by molar-refractivity contribution is 7.92. The van der Waals surface area contributed by atoms with Crippen LogP contribution in [0.2, 0.25) is 10.0 Å². The molecule has 0 amide bonds. The summed E-state index contributed by atoms with van der Waals surface area (Å²) in [6.45, 7) is -0.419. The molecule has 1 saturated carbocycles. The van der Waals surface area contributed by atoms with Crippen molar-refractivity contribution in [3.63, 3.8) is 0 Å². The Labute approximate surface area is 144 Å². The number of aliphatic hydroxyl groups is 1. The zero-order chi connectivity index (χ0) is 16.8. The van der Waals surface area contributed by atoms with Crippen LogP contribution in [-0.2, 0) is 9.84 Å². The van der Waals surface area contributed by atoms with Crippen molar-refractivity contribution in [1.82, 2.24) is 0 Å². The van der Waals surface area contributed by atoms with Gasteiger partial charge in [0.25, 0.3) is 0 Å². The van der Waals surface area contributed by atoms with Crippen LogP contribution in [0.3, 0.4) is 0 Å². The Kier molecular flexibility index (Phi) is 4.19. The van der Waals surface area contributed by atoms with E-state index in [1.165, 1.54) is 24.3 Å². The molecule has 7 heteroatoms. The summed E-state index contributed by atoms with van der Waals surface area (Å²) >= 11 is 11.7. The Morgan fingerprint density at radius 1 is 1.00 bits per heavy atom. The highest BCUT2D eigenvalue weighted by Crippen LogP contribution is 2.55. The first-order chi connectivity index (χ1) is 10.8. The van der Waals surface area contributed by atoms with E-state index < -0.39 is 33.2 Å². The van der Waals surface area contributed by atoms with Crippen molar-refractivity contribution < 1.29 is 13.5 Å². The molecule has 3 atom stereocenters.